The lowest BCUT2D eigenvalue weighted by atomic mass is 10.2. The zero-order chi connectivity index (χ0) is 19.1. The number of carbonyl (C=O) groups is 2. The Morgan fingerprint density at radius 3 is 2.70 bits per heavy atom. The Labute approximate surface area is 154 Å². The number of benzene rings is 1. The standard InChI is InChI=1S/C18H17N5O4/c1-2-3-10-26-18(25)12-4-6-13(7-5-12)21-16(24)17-22-15(23-27-17)14-11-19-8-9-20-14/h4-9,11H,2-3,10H2,1H3,(H,21,24). The van der Waals surface area contributed by atoms with E-state index in [1.54, 1.807) is 24.3 Å². The van der Waals surface area contributed by atoms with Gasteiger partial charge in [-0.15, -0.1) is 0 Å². The SMILES string of the molecule is CCCCOC(=O)c1ccc(NC(=O)c2nc(-c3cnccn3)no2)cc1. The van der Waals surface area contributed by atoms with Gasteiger partial charge in [-0.2, -0.15) is 4.98 Å². The van der Waals surface area contributed by atoms with Crippen LogP contribution in [0.3, 0.4) is 0 Å². The van der Waals surface area contributed by atoms with Crippen molar-refractivity contribution in [3.05, 3.63) is 54.3 Å². The number of ether oxygens (including phenoxy) is 1. The molecule has 3 rings (SSSR count). The van der Waals surface area contributed by atoms with Crippen LogP contribution in [0.2, 0.25) is 0 Å². The van der Waals surface area contributed by atoms with Crippen LogP contribution in [-0.2, 0) is 4.74 Å². The Balaban J connectivity index is 1.61. The van der Waals surface area contributed by atoms with Crippen LogP contribution in [0.15, 0.2) is 47.4 Å². The van der Waals surface area contributed by atoms with Gasteiger partial charge in [0.1, 0.15) is 5.69 Å². The summed E-state index contributed by atoms with van der Waals surface area (Å²) in [6.45, 7) is 2.41. The Bertz CT molecular complexity index is 909. The molecule has 0 fully saturated rings. The highest BCUT2D eigenvalue weighted by Crippen LogP contribution is 2.14. The average Bonchev–Trinajstić information content (AvgIpc) is 3.20. The molecule has 0 saturated heterocycles. The van der Waals surface area contributed by atoms with Gasteiger partial charge in [0.15, 0.2) is 0 Å². The van der Waals surface area contributed by atoms with E-state index in [0.29, 0.717) is 23.6 Å². The van der Waals surface area contributed by atoms with Crippen LogP contribution in [0.1, 0.15) is 40.8 Å². The zero-order valence-corrected chi connectivity index (χ0v) is 14.6. The van der Waals surface area contributed by atoms with E-state index in [-0.39, 0.29) is 11.7 Å². The topological polar surface area (TPSA) is 120 Å². The van der Waals surface area contributed by atoms with E-state index in [0.717, 1.165) is 12.8 Å². The molecule has 3 aromatic rings. The minimum atomic E-state index is -0.573. The number of hydrogen-bond acceptors (Lipinski definition) is 8. The molecule has 138 valence electrons. The monoisotopic (exact) mass is 367 g/mol. The first-order valence-electron chi connectivity index (χ1n) is 8.36. The van der Waals surface area contributed by atoms with Crippen LogP contribution in [0, 0.1) is 0 Å². The van der Waals surface area contributed by atoms with E-state index in [1.807, 2.05) is 6.92 Å². The number of unbranched alkanes of at least 4 members (excludes halogenated alkanes) is 1. The second-order valence-corrected chi connectivity index (χ2v) is 5.53. The van der Waals surface area contributed by atoms with Crippen LogP contribution in [0.4, 0.5) is 5.69 Å². The maximum Gasteiger partial charge on any atom is 0.338 e. The summed E-state index contributed by atoms with van der Waals surface area (Å²) in [4.78, 5) is 36.0. The molecule has 9 heteroatoms. The number of aromatic nitrogens is 4. The fourth-order valence-electron chi connectivity index (χ4n) is 2.10. The molecule has 9 nitrogen and oxygen atoms in total. The maximum atomic E-state index is 12.2. The van der Waals surface area contributed by atoms with Gasteiger partial charge in [-0.3, -0.25) is 9.78 Å². The number of anilines is 1. The summed E-state index contributed by atoms with van der Waals surface area (Å²) in [5.74, 6) is -1.01. The third-order valence-electron chi connectivity index (χ3n) is 3.52. The van der Waals surface area contributed by atoms with E-state index in [4.69, 9.17) is 9.26 Å². The molecule has 0 atom stereocenters. The molecular formula is C18H17N5O4. The highest BCUT2D eigenvalue weighted by Gasteiger charge is 2.17. The molecule has 2 aromatic heterocycles. The maximum absolute atomic E-state index is 12.2. The van der Waals surface area contributed by atoms with Gasteiger partial charge in [-0.05, 0) is 30.7 Å². The fourth-order valence-corrected chi connectivity index (χ4v) is 2.10. The number of amides is 1. The Hall–Kier alpha value is -3.62. The van der Waals surface area contributed by atoms with Gasteiger partial charge in [-0.1, -0.05) is 18.5 Å². The summed E-state index contributed by atoms with van der Waals surface area (Å²) < 4.78 is 10.1. The summed E-state index contributed by atoms with van der Waals surface area (Å²) in [6.07, 6.45) is 6.23. The second-order valence-electron chi connectivity index (χ2n) is 5.53. The van der Waals surface area contributed by atoms with Crippen LogP contribution >= 0.6 is 0 Å². The lowest BCUT2D eigenvalue weighted by Crippen LogP contribution is -2.12. The predicted octanol–water partition coefficient (Wildman–Crippen LogP) is 2.74. The van der Waals surface area contributed by atoms with Crippen molar-refractivity contribution in [2.45, 2.75) is 19.8 Å². The quantitative estimate of drug-likeness (QED) is 0.500. The summed E-state index contributed by atoms with van der Waals surface area (Å²) in [7, 11) is 0. The molecular weight excluding hydrogens is 350 g/mol. The van der Waals surface area contributed by atoms with Crippen LogP contribution in [0.25, 0.3) is 11.5 Å². The first-order chi connectivity index (χ1) is 13.2. The van der Waals surface area contributed by atoms with Gasteiger partial charge in [-0.25, -0.2) is 9.78 Å². The zero-order valence-electron chi connectivity index (χ0n) is 14.6. The van der Waals surface area contributed by atoms with Crippen molar-refractivity contribution < 1.29 is 18.8 Å². The lowest BCUT2D eigenvalue weighted by Gasteiger charge is -2.05. The van der Waals surface area contributed by atoms with Crippen molar-refractivity contribution >= 4 is 17.6 Å². The molecule has 0 saturated carbocycles. The first kappa shape index (κ1) is 18.2. The number of nitrogens with zero attached hydrogens (tertiary/aromatic N) is 4. The van der Waals surface area contributed by atoms with Gasteiger partial charge >= 0.3 is 17.8 Å². The molecule has 0 aliphatic carbocycles. The number of carbonyl (C=O) groups excluding carboxylic acids is 2. The minimum Gasteiger partial charge on any atom is -0.462 e. The molecule has 0 aliphatic heterocycles. The fraction of sp³-hybridized carbons (Fsp3) is 0.222. The van der Waals surface area contributed by atoms with E-state index in [1.165, 1.54) is 18.6 Å². The summed E-state index contributed by atoms with van der Waals surface area (Å²) in [5.41, 5.74) is 1.28. The van der Waals surface area contributed by atoms with Gasteiger partial charge in [0.05, 0.1) is 18.4 Å². The normalized spacial score (nSPS) is 10.4. The second kappa shape index (κ2) is 8.65. The summed E-state index contributed by atoms with van der Waals surface area (Å²) in [5, 5.41) is 6.33. The smallest absolute Gasteiger partial charge is 0.338 e. The number of hydrogen-bond donors (Lipinski definition) is 1. The van der Waals surface area contributed by atoms with Crippen LogP contribution in [-0.4, -0.2) is 38.6 Å². The van der Waals surface area contributed by atoms with Crippen molar-refractivity contribution in [3.8, 4) is 11.5 Å². The van der Waals surface area contributed by atoms with E-state index < -0.39 is 11.9 Å². The predicted molar refractivity (Wildman–Crippen MR) is 94.9 cm³/mol. The number of esters is 1. The Morgan fingerprint density at radius 2 is 2.00 bits per heavy atom. The first-order valence-corrected chi connectivity index (χ1v) is 8.36. The molecule has 0 unspecified atom stereocenters. The third-order valence-corrected chi connectivity index (χ3v) is 3.52. The molecule has 0 aliphatic rings. The van der Waals surface area contributed by atoms with E-state index >= 15 is 0 Å². The molecule has 0 spiro atoms. The molecule has 27 heavy (non-hydrogen) atoms. The van der Waals surface area contributed by atoms with Crippen LogP contribution in [0.5, 0.6) is 0 Å². The molecule has 1 N–H and O–H groups in total. The van der Waals surface area contributed by atoms with Crippen molar-refractivity contribution in [1.82, 2.24) is 20.1 Å². The summed E-state index contributed by atoms with van der Waals surface area (Å²) >= 11 is 0. The van der Waals surface area contributed by atoms with Crippen molar-refractivity contribution in [3.63, 3.8) is 0 Å². The van der Waals surface area contributed by atoms with E-state index in [2.05, 4.69) is 25.4 Å². The molecule has 0 bridgehead atoms. The van der Waals surface area contributed by atoms with Gasteiger partial charge in [0.25, 0.3) is 0 Å². The molecule has 1 amide bonds. The van der Waals surface area contributed by atoms with Gasteiger partial charge in [0, 0.05) is 18.1 Å². The van der Waals surface area contributed by atoms with Crippen LogP contribution < -0.4 is 5.32 Å². The lowest BCUT2D eigenvalue weighted by molar-refractivity contribution is 0.0499. The van der Waals surface area contributed by atoms with E-state index in [9.17, 15) is 9.59 Å². The highest BCUT2D eigenvalue weighted by atomic mass is 16.5. The highest BCUT2D eigenvalue weighted by molar-refractivity contribution is 6.01. The third kappa shape index (κ3) is 4.72. The molecule has 1 aromatic carbocycles. The van der Waals surface area contributed by atoms with Gasteiger partial charge < -0.3 is 14.6 Å². The Morgan fingerprint density at radius 1 is 1.19 bits per heavy atom. The van der Waals surface area contributed by atoms with Crippen molar-refractivity contribution in [2.24, 2.45) is 0 Å². The van der Waals surface area contributed by atoms with Crippen molar-refractivity contribution in [1.29, 1.82) is 0 Å². The Kier molecular flexibility index (Phi) is 5.83. The number of nitrogens with one attached hydrogen (secondary N) is 1. The van der Waals surface area contributed by atoms with Crippen molar-refractivity contribution in [2.75, 3.05) is 11.9 Å². The van der Waals surface area contributed by atoms with Gasteiger partial charge in [0.2, 0.25) is 5.82 Å². The largest absolute Gasteiger partial charge is 0.462 e. The average molecular weight is 367 g/mol. The summed E-state index contributed by atoms with van der Waals surface area (Å²) in [6, 6.07) is 6.33. The molecule has 2 heterocycles. The molecule has 0 radical (unpaired) electrons. The minimum absolute atomic E-state index is 0.165. The number of rotatable bonds is 7.